The van der Waals surface area contributed by atoms with Crippen LogP contribution in [0.15, 0.2) is 30.9 Å². The molecule has 0 spiro atoms. The number of alkyl halides is 3. The van der Waals surface area contributed by atoms with Crippen molar-refractivity contribution < 1.29 is 23.4 Å². The van der Waals surface area contributed by atoms with Gasteiger partial charge in [-0.1, -0.05) is 0 Å². The second-order valence-corrected chi connectivity index (χ2v) is 7.79. The van der Waals surface area contributed by atoms with Crippen LogP contribution >= 0.6 is 0 Å². The molecular weight excluding hydrogens is 413 g/mol. The van der Waals surface area contributed by atoms with Crippen LogP contribution in [0.4, 0.5) is 19.0 Å². The van der Waals surface area contributed by atoms with E-state index >= 15 is 0 Å². The molecule has 0 aromatic carbocycles. The largest absolute Gasteiger partial charge is 0.421 e. The summed E-state index contributed by atoms with van der Waals surface area (Å²) in [5.41, 5.74) is -2.52. The molecule has 0 radical (unpaired) electrons. The molecule has 3 aromatic heterocycles. The fourth-order valence-corrected chi connectivity index (χ4v) is 3.72. The summed E-state index contributed by atoms with van der Waals surface area (Å²) in [5, 5.41) is 26.4. The number of anilines is 1. The minimum Gasteiger partial charge on any atom is -0.392 e. The first-order valence-electron chi connectivity index (χ1n) is 9.91. The Morgan fingerprint density at radius 3 is 2.77 bits per heavy atom. The summed E-state index contributed by atoms with van der Waals surface area (Å²) in [6, 6.07) is 1.53. The third kappa shape index (κ3) is 4.08. The molecule has 1 aliphatic heterocycles. The maximum atomic E-state index is 13.5. The molecule has 1 unspecified atom stereocenters. The SMILES string of the molecule is CC(O)(c1cn2c(-c3cncc(N[C@@H]4CCCNC4)n3)cnc2cc1CO)C(F)(F)F. The van der Waals surface area contributed by atoms with Crippen molar-refractivity contribution in [2.24, 2.45) is 0 Å². The number of rotatable bonds is 5. The third-order valence-corrected chi connectivity index (χ3v) is 5.53. The Labute approximate surface area is 176 Å². The van der Waals surface area contributed by atoms with E-state index in [9.17, 15) is 23.4 Å². The Morgan fingerprint density at radius 1 is 1.29 bits per heavy atom. The third-order valence-electron chi connectivity index (χ3n) is 5.53. The van der Waals surface area contributed by atoms with E-state index in [1.807, 2.05) is 0 Å². The number of halogens is 3. The van der Waals surface area contributed by atoms with Gasteiger partial charge in [0.15, 0.2) is 5.60 Å². The summed E-state index contributed by atoms with van der Waals surface area (Å²) < 4.78 is 41.8. The molecule has 0 bridgehead atoms. The van der Waals surface area contributed by atoms with Crippen LogP contribution in [0.1, 0.15) is 30.9 Å². The van der Waals surface area contributed by atoms with Gasteiger partial charge in [-0.05, 0) is 37.9 Å². The van der Waals surface area contributed by atoms with Crippen LogP contribution in [0.3, 0.4) is 0 Å². The number of nitrogens with zero attached hydrogens (tertiary/aromatic N) is 4. The summed E-state index contributed by atoms with van der Waals surface area (Å²) in [7, 11) is 0. The Kier molecular flexibility index (Phi) is 5.58. The molecule has 4 heterocycles. The summed E-state index contributed by atoms with van der Waals surface area (Å²) in [6.45, 7) is 1.77. The van der Waals surface area contributed by atoms with Crippen LogP contribution in [-0.2, 0) is 12.2 Å². The number of aromatic nitrogens is 4. The van der Waals surface area contributed by atoms with Crippen molar-refractivity contribution >= 4 is 11.5 Å². The number of hydrogen-bond donors (Lipinski definition) is 4. The average molecular weight is 436 g/mol. The second-order valence-electron chi connectivity index (χ2n) is 7.79. The van der Waals surface area contributed by atoms with Crippen LogP contribution in [0.25, 0.3) is 17.0 Å². The highest BCUT2D eigenvalue weighted by Crippen LogP contribution is 2.40. The van der Waals surface area contributed by atoms with Gasteiger partial charge >= 0.3 is 6.18 Å². The van der Waals surface area contributed by atoms with Crippen molar-refractivity contribution in [3.63, 3.8) is 0 Å². The van der Waals surface area contributed by atoms with Gasteiger partial charge in [0.25, 0.3) is 0 Å². The van der Waals surface area contributed by atoms with E-state index < -0.39 is 23.9 Å². The van der Waals surface area contributed by atoms with E-state index in [1.165, 1.54) is 22.9 Å². The lowest BCUT2D eigenvalue weighted by Gasteiger charge is -2.28. The average Bonchev–Trinajstić information content (AvgIpc) is 3.16. The van der Waals surface area contributed by atoms with Crippen molar-refractivity contribution in [2.45, 2.75) is 44.2 Å². The van der Waals surface area contributed by atoms with Crippen LogP contribution in [0.2, 0.25) is 0 Å². The van der Waals surface area contributed by atoms with Crippen molar-refractivity contribution in [3.8, 4) is 11.4 Å². The molecule has 1 saturated heterocycles. The van der Waals surface area contributed by atoms with Gasteiger partial charge in [0.05, 0.1) is 30.9 Å². The van der Waals surface area contributed by atoms with Crippen LogP contribution < -0.4 is 10.6 Å². The zero-order chi connectivity index (χ0) is 22.2. The highest BCUT2D eigenvalue weighted by Gasteiger charge is 2.52. The molecule has 31 heavy (non-hydrogen) atoms. The predicted octanol–water partition coefficient (Wildman–Crippen LogP) is 2.22. The van der Waals surface area contributed by atoms with Gasteiger partial charge in [0.1, 0.15) is 17.2 Å². The first kappa shape index (κ1) is 21.5. The predicted molar refractivity (Wildman–Crippen MR) is 107 cm³/mol. The topological polar surface area (TPSA) is 108 Å². The minimum atomic E-state index is -4.93. The maximum Gasteiger partial charge on any atom is 0.421 e. The monoisotopic (exact) mass is 436 g/mol. The van der Waals surface area contributed by atoms with Gasteiger partial charge in [0, 0.05) is 24.3 Å². The summed E-state index contributed by atoms with van der Waals surface area (Å²) in [5.74, 6) is 0.552. The van der Waals surface area contributed by atoms with Gasteiger partial charge in [-0.3, -0.25) is 9.38 Å². The van der Waals surface area contributed by atoms with Gasteiger partial charge in [-0.25, -0.2) is 9.97 Å². The van der Waals surface area contributed by atoms with E-state index in [-0.39, 0.29) is 11.6 Å². The van der Waals surface area contributed by atoms with Gasteiger partial charge in [-0.15, -0.1) is 0 Å². The van der Waals surface area contributed by atoms with Crippen LogP contribution in [-0.4, -0.2) is 54.9 Å². The second kappa shape index (κ2) is 8.06. The normalized spacial score (nSPS) is 19.4. The smallest absolute Gasteiger partial charge is 0.392 e. The van der Waals surface area contributed by atoms with Crippen molar-refractivity contribution in [3.05, 3.63) is 42.0 Å². The first-order chi connectivity index (χ1) is 14.7. The fourth-order valence-electron chi connectivity index (χ4n) is 3.72. The molecule has 2 atom stereocenters. The lowest BCUT2D eigenvalue weighted by atomic mass is 9.92. The lowest BCUT2D eigenvalue weighted by Crippen LogP contribution is -2.40. The van der Waals surface area contributed by atoms with Crippen molar-refractivity contribution in [1.29, 1.82) is 0 Å². The number of aliphatic hydroxyl groups is 2. The molecule has 4 rings (SSSR count). The zero-order valence-electron chi connectivity index (χ0n) is 16.8. The summed E-state index contributed by atoms with van der Waals surface area (Å²) in [6.07, 6.45) is 2.81. The molecule has 3 aromatic rings. The maximum absolute atomic E-state index is 13.5. The molecule has 4 N–H and O–H groups in total. The van der Waals surface area contributed by atoms with E-state index in [0.717, 1.165) is 32.1 Å². The van der Waals surface area contributed by atoms with Crippen molar-refractivity contribution in [2.75, 3.05) is 18.4 Å². The Hall–Kier alpha value is -2.76. The van der Waals surface area contributed by atoms with E-state index in [4.69, 9.17) is 0 Å². The number of hydrogen-bond acceptors (Lipinski definition) is 7. The molecule has 0 aliphatic carbocycles. The molecule has 0 amide bonds. The summed E-state index contributed by atoms with van der Waals surface area (Å²) >= 11 is 0. The number of fused-ring (bicyclic) bond motifs is 1. The van der Waals surface area contributed by atoms with Gasteiger partial charge in [-0.2, -0.15) is 13.2 Å². The zero-order valence-corrected chi connectivity index (χ0v) is 16.8. The van der Waals surface area contributed by atoms with Crippen LogP contribution in [0.5, 0.6) is 0 Å². The first-order valence-corrected chi connectivity index (χ1v) is 9.91. The van der Waals surface area contributed by atoms with E-state index in [2.05, 4.69) is 25.6 Å². The number of nitrogens with one attached hydrogen (secondary N) is 2. The van der Waals surface area contributed by atoms with Crippen LogP contribution in [0, 0.1) is 0 Å². The highest BCUT2D eigenvalue weighted by molar-refractivity contribution is 5.62. The molecule has 0 saturated carbocycles. The van der Waals surface area contributed by atoms with Crippen molar-refractivity contribution in [1.82, 2.24) is 24.7 Å². The Balaban J connectivity index is 1.75. The number of imidazole rings is 1. The van der Waals surface area contributed by atoms with E-state index in [1.54, 1.807) is 6.20 Å². The number of aliphatic hydroxyl groups excluding tert-OH is 1. The number of piperidine rings is 1. The Bertz CT molecular complexity index is 1080. The van der Waals surface area contributed by atoms with E-state index in [0.29, 0.717) is 29.8 Å². The fraction of sp³-hybridized carbons (Fsp3) is 0.450. The van der Waals surface area contributed by atoms with Gasteiger partial charge < -0.3 is 20.8 Å². The molecule has 1 aliphatic rings. The standard InChI is InChI=1S/C20H23F3N6O2/c1-19(31,20(21,22)23)14-10-29-16(8-26-18(29)5-12(14)11-30)15-7-25-9-17(28-15)27-13-3-2-4-24-6-13/h5,7-10,13,24,30-31H,2-4,6,11H2,1H3,(H,27,28)/t13-,19?/m1/s1. The minimum absolute atomic E-state index is 0.0572. The molecular formula is C20H23F3N6O2. The molecule has 11 heteroatoms. The summed E-state index contributed by atoms with van der Waals surface area (Å²) in [4.78, 5) is 13.0. The van der Waals surface area contributed by atoms with Gasteiger partial charge in [0.2, 0.25) is 0 Å². The Morgan fingerprint density at radius 2 is 2.10 bits per heavy atom. The highest BCUT2D eigenvalue weighted by atomic mass is 19.4. The number of pyridine rings is 1. The quantitative estimate of drug-likeness (QED) is 0.486. The molecule has 8 nitrogen and oxygen atoms in total. The molecule has 166 valence electrons. The lowest BCUT2D eigenvalue weighted by molar-refractivity contribution is -0.259. The molecule has 1 fully saturated rings.